The van der Waals surface area contributed by atoms with Crippen molar-refractivity contribution in [1.82, 2.24) is 4.98 Å². The van der Waals surface area contributed by atoms with Crippen LogP contribution < -0.4 is 5.73 Å². The van der Waals surface area contributed by atoms with Gasteiger partial charge >= 0.3 is 5.97 Å². The largest absolute Gasteiger partial charge is 0.462 e. The highest BCUT2D eigenvalue weighted by atomic mass is 32.1. The summed E-state index contributed by atoms with van der Waals surface area (Å²) in [5.41, 5.74) is 7.01. The van der Waals surface area contributed by atoms with Crippen molar-refractivity contribution in [1.29, 1.82) is 0 Å². The molecule has 0 aliphatic heterocycles. The Kier molecular flexibility index (Phi) is 4.37. The lowest BCUT2D eigenvalue weighted by Gasteiger charge is -2.10. The number of nitrogen functional groups attached to an aromatic ring is 1. The van der Waals surface area contributed by atoms with Gasteiger partial charge in [-0.1, -0.05) is 31.6 Å². The quantitative estimate of drug-likeness (QED) is 0.850. The summed E-state index contributed by atoms with van der Waals surface area (Å²) in [6.07, 6.45) is 2.17. The summed E-state index contributed by atoms with van der Waals surface area (Å²) < 4.78 is 6.22. The molecule has 0 saturated heterocycles. The zero-order chi connectivity index (χ0) is 13.8. The molecule has 0 aliphatic rings. The molecular formula is C14H18N2O2S. The Hall–Kier alpha value is -1.62. The molecule has 0 radical (unpaired) electrons. The second-order valence-electron chi connectivity index (χ2n) is 4.73. The van der Waals surface area contributed by atoms with Crippen molar-refractivity contribution in [3.8, 4) is 0 Å². The third-order valence-electron chi connectivity index (χ3n) is 2.92. The Bertz CT molecular complexity index is 580. The van der Waals surface area contributed by atoms with E-state index in [0.29, 0.717) is 23.2 Å². The first-order valence-corrected chi connectivity index (χ1v) is 7.25. The Morgan fingerprint density at radius 2 is 2.32 bits per heavy atom. The van der Waals surface area contributed by atoms with Gasteiger partial charge in [-0.05, 0) is 30.5 Å². The van der Waals surface area contributed by atoms with Gasteiger partial charge in [-0.25, -0.2) is 9.78 Å². The van der Waals surface area contributed by atoms with Crippen LogP contribution in [0.25, 0.3) is 10.2 Å². The number of hydrogen-bond acceptors (Lipinski definition) is 5. The fourth-order valence-corrected chi connectivity index (χ4v) is 2.72. The maximum atomic E-state index is 11.9. The molecule has 0 aliphatic carbocycles. The fourth-order valence-electron chi connectivity index (χ4n) is 1.95. The first-order chi connectivity index (χ1) is 9.10. The summed E-state index contributed by atoms with van der Waals surface area (Å²) in [6, 6.07) is 5.32. The number of aromatic nitrogens is 1. The van der Waals surface area contributed by atoms with E-state index in [2.05, 4.69) is 18.8 Å². The van der Waals surface area contributed by atoms with Crippen molar-refractivity contribution in [2.45, 2.75) is 26.7 Å². The molecule has 1 aromatic carbocycles. The molecule has 102 valence electrons. The summed E-state index contributed by atoms with van der Waals surface area (Å²) in [7, 11) is 0. The molecule has 1 heterocycles. The standard InChI is InChI=1S/C14H18N2O2S/c1-3-4-9(2)8-18-13(17)10-5-6-11-12(7-10)19-14(15)16-11/h5-7,9H,3-4,8H2,1-2H3,(H2,15,16). The molecule has 1 atom stereocenters. The lowest BCUT2D eigenvalue weighted by molar-refractivity contribution is 0.0444. The van der Waals surface area contributed by atoms with Crippen LogP contribution in [0, 0.1) is 5.92 Å². The number of esters is 1. The van der Waals surface area contributed by atoms with E-state index in [-0.39, 0.29) is 5.97 Å². The van der Waals surface area contributed by atoms with Crippen LogP contribution >= 0.6 is 11.3 Å². The van der Waals surface area contributed by atoms with E-state index < -0.39 is 0 Å². The number of nitrogens with two attached hydrogens (primary N) is 1. The Balaban J connectivity index is 2.04. The van der Waals surface area contributed by atoms with Crippen molar-refractivity contribution in [3.63, 3.8) is 0 Å². The molecule has 19 heavy (non-hydrogen) atoms. The number of carbonyl (C=O) groups is 1. The van der Waals surface area contributed by atoms with Crippen LogP contribution in [-0.2, 0) is 4.74 Å². The predicted molar refractivity (Wildman–Crippen MR) is 78.4 cm³/mol. The first kappa shape index (κ1) is 13.8. The minimum Gasteiger partial charge on any atom is -0.462 e. The van der Waals surface area contributed by atoms with E-state index in [0.717, 1.165) is 23.1 Å². The zero-order valence-electron chi connectivity index (χ0n) is 11.2. The van der Waals surface area contributed by atoms with Crippen LogP contribution in [0.3, 0.4) is 0 Å². The van der Waals surface area contributed by atoms with Gasteiger partial charge in [-0.15, -0.1) is 0 Å². The molecule has 0 saturated carbocycles. The maximum absolute atomic E-state index is 11.9. The van der Waals surface area contributed by atoms with Gasteiger partial charge < -0.3 is 10.5 Å². The SMILES string of the molecule is CCCC(C)COC(=O)c1ccc2nc(N)sc2c1. The number of anilines is 1. The van der Waals surface area contributed by atoms with Gasteiger partial charge in [0, 0.05) is 0 Å². The van der Waals surface area contributed by atoms with Crippen LogP contribution in [0.4, 0.5) is 5.13 Å². The molecule has 0 spiro atoms. The molecule has 2 N–H and O–H groups in total. The van der Waals surface area contributed by atoms with Crippen LogP contribution in [-0.4, -0.2) is 17.6 Å². The average Bonchev–Trinajstić information content (AvgIpc) is 2.75. The average molecular weight is 278 g/mol. The lowest BCUT2D eigenvalue weighted by Crippen LogP contribution is -2.11. The Morgan fingerprint density at radius 3 is 3.05 bits per heavy atom. The van der Waals surface area contributed by atoms with Crippen LogP contribution in [0.2, 0.25) is 0 Å². The van der Waals surface area contributed by atoms with Gasteiger partial charge in [-0.2, -0.15) is 0 Å². The number of thiazole rings is 1. The van der Waals surface area contributed by atoms with Gasteiger partial charge in [-0.3, -0.25) is 0 Å². The third-order valence-corrected chi connectivity index (χ3v) is 3.77. The number of carbonyl (C=O) groups excluding carboxylic acids is 1. The molecule has 0 amide bonds. The predicted octanol–water partition coefficient (Wildman–Crippen LogP) is 3.47. The molecule has 2 rings (SSSR count). The van der Waals surface area contributed by atoms with Crippen molar-refractivity contribution in [3.05, 3.63) is 23.8 Å². The Morgan fingerprint density at radius 1 is 1.53 bits per heavy atom. The number of nitrogens with zero attached hydrogens (tertiary/aromatic N) is 1. The molecule has 0 bridgehead atoms. The number of ether oxygens (including phenoxy) is 1. The van der Waals surface area contributed by atoms with E-state index in [1.807, 2.05) is 0 Å². The van der Waals surface area contributed by atoms with E-state index in [1.54, 1.807) is 18.2 Å². The second-order valence-corrected chi connectivity index (χ2v) is 5.79. The minimum absolute atomic E-state index is 0.281. The van der Waals surface area contributed by atoms with Gasteiger partial charge in [0.2, 0.25) is 0 Å². The van der Waals surface area contributed by atoms with E-state index in [1.165, 1.54) is 11.3 Å². The molecule has 0 fully saturated rings. The molecule has 5 heteroatoms. The third kappa shape index (κ3) is 3.44. The molecular weight excluding hydrogens is 260 g/mol. The highest BCUT2D eigenvalue weighted by Crippen LogP contribution is 2.24. The normalized spacial score (nSPS) is 12.5. The fraction of sp³-hybridized carbons (Fsp3) is 0.429. The second kappa shape index (κ2) is 6.02. The van der Waals surface area contributed by atoms with Crippen LogP contribution in [0.15, 0.2) is 18.2 Å². The van der Waals surface area contributed by atoms with Gasteiger partial charge in [0.15, 0.2) is 5.13 Å². The van der Waals surface area contributed by atoms with Crippen LogP contribution in [0.5, 0.6) is 0 Å². The number of hydrogen-bond donors (Lipinski definition) is 1. The highest BCUT2D eigenvalue weighted by molar-refractivity contribution is 7.22. The summed E-state index contributed by atoms with van der Waals surface area (Å²) in [6.45, 7) is 4.68. The zero-order valence-corrected chi connectivity index (χ0v) is 12.0. The van der Waals surface area contributed by atoms with Crippen molar-refractivity contribution in [2.24, 2.45) is 5.92 Å². The van der Waals surface area contributed by atoms with Crippen LogP contribution in [0.1, 0.15) is 37.0 Å². The monoisotopic (exact) mass is 278 g/mol. The summed E-state index contributed by atoms with van der Waals surface area (Å²) in [4.78, 5) is 16.1. The van der Waals surface area contributed by atoms with E-state index in [9.17, 15) is 4.79 Å². The minimum atomic E-state index is -0.281. The van der Waals surface area contributed by atoms with Crippen molar-refractivity contribution < 1.29 is 9.53 Å². The van der Waals surface area contributed by atoms with Crippen molar-refractivity contribution in [2.75, 3.05) is 12.3 Å². The maximum Gasteiger partial charge on any atom is 0.338 e. The lowest BCUT2D eigenvalue weighted by atomic mass is 10.1. The molecule has 4 nitrogen and oxygen atoms in total. The van der Waals surface area contributed by atoms with Gasteiger partial charge in [0.05, 0.1) is 22.4 Å². The Labute approximate surface area is 116 Å². The number of rotatable bonds is 5. The topological polar surface area (TPSA) is 65.2 Å². The van der Waals surface area contributed by atoms with E-state index >= 15 is 0 Å². The summed E-state index contributed by atoms with van der Waals surface area (Å²) >= 11 is 1.38. The highest BCUT2D eigenvalue weighted by Gasteiger charge is 2.11. The van der Waals surface area contributed by atoms with Gasteiger partial charge in [0.1, 0.15) is 0 Å². The number of fused-ring (bicyclic) bond motifs is 1. The summed E-state index contributed by atoms with van der Waals surface area (Å²) in [5, 5.41) is 0.511. The number of benzene rings is 1. The smallest absolute Gasteiger partial charge is 0.338 e. The molecule has 1 unspecified atom stereocenters. The first-order valence-electron chi connectivity index (χ1n) is 6.43. The van der Waals surface area contributed by atoms with E-state index in [4.69, 9.17) is 10.5 Å². The van der Waals surface area contributed by atoms with Crippen molar-refractivity contribution >= 4 is 32.7 Å². The summed E-state index contributed by atoms with van der Waals surface area (Å²) in [5.74, 6) is 0.119. The van der Waals surface area contributed by atoms with Gasteiger partial charge in [0.25, 0.3) is 0 Å². The molecule has 1 aromatic heterocycles. The molecule has 2 aromatic rings.